The van der Waals surface area contributed by atoms with E-state index in [-0.39, 0.29) is 11.4 Å². The van der Waals surface area contributed by atoms with E-state index in [2.05, 4.69) is 5.32 Å². The molecule has 0 radical (unpaired) electrons. The number of aliphatic hydroxyl groups is 1. The van der Waals surface area contributed by atoms with Gasteiger partial charge in [0.25, 0.3) is 0 Å². The number of hydrogen-bond acceptors (Lipinski definition) is 3. The molecule has 1 aromatic carbocycles. The van der Waals surface area contributed by atoms with Gasteiger partial charge < -0.3 is 14.8 Å². The van der Waals surface area contributed by atoms with Crippen molar-refractivity contribution in [3.63, 3.8) is 0 Å². The molecule has 0 spiro atoms. The first-order valence-corrected chi connectivity index (χ1v) is 6.53. The molecule has 1 unspecified atom stereocenters. The summed E-state index contributed by atoms with van der Waals surface area (Å²) in [6.07, 6.45) is -6.40. The van der Waals surface area contributed by atoms with E-state index in [1.807, 2.05) is 0 Å². The molecular weight excluding hydrogens is 318 g/mol. The zero-order valence-corrected chi connectivity index (χ0v) is 11.9. The third-order valence-corrected chi connectivity index (χ3v) is 3.16. The van der Waals surface area contributed by atoms with Crippen LogP contribution in [0.2, 0.25) is 0 Å². The van der Waals surface area contributed by atoms with Gasteiger partial charge in [-0.3, -0.25) is 4.79 Å². The maximum atomic E-state index is 13.2. The minimum atomic E-state index is -5.11. The molecule has 0 aliphatic carbocycles. The zero-order valence-electron chi connectivity index (χ0n) is 11.9. The predicted octanol–water partition coefficient (Wildman–Crippen LogP) is 3.51. The molecule has 0 aliphatic rings. The number of halogens is 4. The summed E-state index contributed by atoms with van der Waals surface area (Å²) >= 11 is 0. The molecule has 124 valence electrons. The Labute approximate surface area is 128 Å². The molecule has 0 saturated carbocycles. The Bertz CT molecular complexity index is 693. The number of amides is 1. The highest BCUT2D eigenvalue weighted by Gasteiger charge is 2.58. The van der Waals surface area contributed by atoms with Crippen LogP contribution in [0.5, 0.6) is 0 Å². The fraction of sp³-hybridized carbons (Fsp3) is 0.267. The van der Waals surface area contributed by atoms with Gasteiger partial charge in [0.05, 0.1) is 6.42 Å². The van der Waals surface area contributed by atoms with Gasteiger partial charge in [-0.2, -0.15) is 13.2 Å². The summed E-state index contributed by atoms with van der Waals surface area (Å²) in [5, 5.41) is 12.2. The first-order valence-electron chi connectivity index (χ1n) is 6.53. The van der Waals surface area contributed by atoms with E-state index in [0.29, 0.717) is 0 Å². The fourth-order valence-corrected chi connectivity index (χ4v) is 1.95. The van der Waals surface area contributed by atoms with Gasteiger partial charge in [0, 0.05) is 5.69 Å². The average Bonchev–Trinajstić information content (AvgIpc) is 2.87. The van der Waals surface area contributed by atoms with Crippen molar-refractivity contribution in [1.82, 2.24) is 0 Å². The Morgan fingerprint density at radius 1 is 1.17 bits per heavy atom. The molecule has 2 N–H and O–H groups in total. The molecule has 1 atom stereocenters. The van der Waals surface area contributed by atoms with Crippen molar-refractivity contribution in [1.29, 1.82) is 0 Å². The third kappa shape index (κ3) is 3.70. The highest BCUT2D eigenvalue weighted by Crippen LogP contribution is 2.42. The van der Waals surface area contributed by atoms with Crippen molar-refractivity contribution >= 4 is 11.6 Å². The molecule has 8 heteroatoms. The minimum Gasteiger partial charge on any atom is -0.463 e. The maximum Gasteiger partial charge on any atom is 0.425 e. The van der Waals surface area contributed by atoms with E-state index < -0.39 is 35.7 Å². The number of aryl methyl sites for hydroxylation is 1. The molecule has 0 fully saturated rings. The number of benzene rings is 1. The summed E-state index contributed by atoms with van der Waals surface area (Å²) in [7, 11) is 0. The number of nitrogens with one attached hydrogen (secondary N) is 1. The van der Waals surface area contributed by atoms with Crippen molar-refractivity contribution < 1.29 is 31.9 Å². The highest BCUT2D eigenvalue weighted by molar-refractivity contribution is 5.91. The van der Waals surface area contributed by atoms with Crippen LogP contribution in [0, 0.1) is 12.7 Å². The molecule has 1 aromatic heterocycles. The van der Waals surface area contributed by atoms with E-state index in [1.165, 1.54) is 25.1 Å². The standard InChI is InChI=1S/C15H13F4NO3/c1-9-2-7-12(23-9)14(22,15(17,18)19)8-13(21)20-11-5-3-10(16)4-6-11/h2-7,22H,8H2,1H3,(H,20,21). The second kappa shape index (κ2) is 6.04. The number of alkyl halides is 3. The Morgan fingerprint density at radius 3 is 2.26 bits per heavy atom. The number of carbonyl (C=O) groups excluding carboxylic acids is 1. The molecule has 0 aliphatic heterocycles. The number of hydrogen-bond donors (Lipinski definition) is 2. The average molecular weight is 331 g/mol. The fourth-order valence-electron chi connectivity index (χ4n) is 1.95. The van der Waals surface area contributed by atoms with Crippen molar-refractivity contribution in [2.45, 2.75) is 25.1 Å². The van der Waals surface area contributed by atoms with Gasteiger partial charge in [0.15, 0.2) is 0 Å². The Morgan fingerprint density at radius 2 is 1.78 bits per heavy atom. The van der Waals surface area contributed by atoms with Gasteiger partial charge in [0.2, 0.25) is 11.5 Å². The Hall–Kier alpha value is -2.35. The monoisotopic (exact) mass is 331 g/mol. The van der Waals surface area contributed by atoms with E-state index in [0.717, 1.165) is 18.2 Å². The Kier molecular flexibility index (Phi) is 4.46. The summed E-state index contributed by atoms with van der Waals surface area (Å²) in [6.45, 7) is 1.42. The lowest BCUT2D eigenvalue weighted by Gasteiger charge is -2.27. The van der Waals surface area contributed by atoms with Gasteiger partial charge in [-0.25, -0.2) is 4.39 Å². The largest absolute Gasteiger partial charge is 0.463 e. The van der Waals surface area contributed by atoms with Crippen molar-refractivity contribution in [3.8, 4) is 0 Å². The summed E-state index contributed by atoms with van der Waals surface area (Å²) in [5.41, 5.74) is -3.35. The van der Waals surface area contributed by atoms with Gasteiger partial charge in [-0.1, -0.05) is 0 Å². The molecule has 0 saturated heterocycles. The van der Waals surface area contributed by atoms with Crippen LogP contribution in [-0.2, 0) is 10.4 Å². The number of anilines is 1. The molecule has 2 aromatic rings. The summed E-state index contributed by atoms with van der Waals surface area (Å²) in [6, 6.07) is 6.69. The van der Waals surface area contributed by atoms with Crippen LogP contribution < -0.4 is 5.32 Å². The third-order valence-electron chi connectivity index (χ3n) is 3.16. The highest BCUT2D eigenvalue weighted by atomic mass is 19.4. The van der Waals surface area contributed by atoms with Gasteiger partial charge >= 0.3 is 6.18 Å². The minimum absolute atomic E-state index is 0.108. The topological polar surface area (TPSA) is 62.5 Å². The van der Waals surface area contributed by atoms with Crippen molar-refractivity contribution in [2.75, 3.05) is 5.32 Å². The van der Waals surface area contributed by atoms with Crippen LogP contribution >= 0.6 is 0 Å². The van der Waals surface area contributed by atoms with E-state index >= 15 is 0 Å². The lowest BCUT2D eigenvalue weighted by Crippen LogP contribution is -2.44. The Balaban J connectivity index is 2.21. The SMILES string of the molecule is Cc1ccc(C(O)(CC(=O)Nc2ccc(F)cc2)C(F)(F)F)o1. The van der Waals surface area contributed by atoms with E-state index in [1.54, 1.807) is 0 Å². The number of rotatable bonds is 4. The van der Waals surface area contributed by atoms with Crippen LogP contribution in [0.15, 0.2) is 40.8 Å². The molecule has 2 rings (SSSR count). The molecule has 4 nitrogen and oxygen atoms in total. The summed E-state index contributed by atoms with van der Waals surface area (Å²) in [5.74, 6) is -2.25. The molecule has 0 bridgehead atoms. The van der Waals surface area contributed by atoms with Crippen LogP contribution in [0.4, 0.5) is 23.2 Å². The molecule has 1 heterocycles. The summed E-state index contributed by atoms with van der Waals surface area (Å²) < 4.78 is 57.2. The van der Waals surface area contributed by atoms with Crippen molar-refractivity contribution in [3.05, 3.63) is 53.7 Å². The van der Waals surface area contributed by atoms with E-state index in [4.69, 9.17) is 4.42 Å². The number of furan rings is 1. The lowest BCUT2D eigenvalue weighted by molar-refractivity contribution is -0.272. The summed E-state index contributed by atoms with van der Waals surface area (Å²) in [4.78, 5) is 11.8. The second-order valence-electron chi connectivity index (χ2n) is 5.00. The predicted molar refractivity (Wildman–Crippen MR) is 73.0 cm³/mol. The first kappa shape index (κ1) is 17.0. The normalized spacial score (nSPS) is 14.3. The van der Waals surface area contributed by atoms with Crippen molar-refractivity contribution in [2.24, 2.45) is 0 Å². The molecular formula is C15H13F4NO3. The van der Waals surface area contributed by atoms with E-state index in [9.17, 15) is 27.5 Å². The molecule has 1 amide bonds. The van der Waals surface area contributed by atoms with Crippen LogP contribution in [-0.4, -0.2) is 17.2 Å². The van der Waals surface area contributed by atoms with Crippen LogP contribution in [0.3, 0.4) is 0 Å². The van der Waals surface area contributed by atoms with Crippen LogP contribution in [0.1, 0.15) is 17.9 Å². The molecule has 23 heavy (non-hydrogen) atoms. The van der Waals surface area contributed by atoms with Gasteiger partial charge in [-0.15, -0.1) is 0 Å². The quantitative estimate of drug-likeness (QED) is 0.843. The number of carbonyl (C=O) groups is 1. The zero-order chi connectivity index (χ0) is 17.3. The second-order valence-corrected chi connectivity index (χ2v) is 5.00. The first-order chi connectivity index (χ1) is 10.6. The smallest absolute Gasteiger partial charge is 0.425 e. The van der Waals surface area contributed by atoms with Crippen LogP contribution in [0.25, 0.3) is 0 Å². The van der Waals surface area contributed by atoms with Gasteiger partial charge in [0.1, 0.15) is 17.3 Å². The lowest BCUT2D eigenvalue weighted by atomic mass is 9.95. The maximum absolute atomic E-state index is 13.2. The van der Waals surface area contributed by atoms with Gasteiger partial charge in [-0.05, 0) is 43.3 Å².